The fraction of sp³-hybridized carbons (Fsp3) is 0.950. The van der Waals surface area contributed by atoms with E-state index in [0.717, 1.165) is 25.8 Å². The Kier molecular flexibility index (Phi) is 14.9. The van der Waals surface area contributed by atoms with Gasteiger partial charge < -0.3 is 14.3 Å². The molecule has 1 aliphatic rings. The van der Waals surface area contributed by atoms with Crippen molar-refractivity contribution in [2.24, 2.45) is 0 Å². The minimum atomic E-state index is -2.06. The minimum absolute atomic E-state index is 0.0537. The highest BCUT2D eigenvalue weighted by atomic mass is 32.4. The van der Waals surface area contributed by atoms with Crippen LogP contribution < -0.4 is 0 Å². The molecular weight excluding hydrogens is 365 g/mol. The molecule has 4 nitrogen and oxygen atoms in total. The van der Waals surface area contributed by atoms with Gasteiger partial charge in [0.05, 0.1) is 6.10 Å². The topological polar surface area (TPSA) is 49.8 Å². The molecule has 154 valence electrons. The molecule has 0 saturated carbocycles. The fourth-order valence-electron chi connectivity index (χ4n) is 3.65. The van der Waals surface area contributed by atoms with E-state index in [1.807, 2.05) is 4.90 Å². The Balaban J connectivity index is 1.86. The first-order valence-electron chi connectivity index (χ1n) is 10.8. The predicted molar refractivity (Wildman–Crippen MR) is 114 cm³/mol. The van der Waals surface area contributed by atoms with Crippen LogP contribution in [0.25, 0.3) is 0 Å². The molecule has 1 unspecified atom stereocenters. The third-order valence-electron chi connectivity index (χ3n) is 5.26. The van der Waals surface area contributed by atoms with Gasteiger partial charge in [0.15, 0.2) is 7.15 Å². The van der Waals surface area contributed by atoms with Crippen LogP contribution in [-0.4, -0.2) is 34.9 Å². The van der Waals surface area contributed by atoms with E-state index in [9.17, 15) is 4.79 Å². The van der Waals surface area contributed by atoms with Crippen molar-refractivity contribution in [1.29, 1.82) is 0 Å². The van der Waals surface area contributed by atoms with E-state index < -0.39 is 7.15 Å². The normalized spacial score (nSPS) is 18.4. The maximum Gasteiger partial charge on any atom is 0.222 e. The first-order valence-corrected chi connectivity index (χ1v) is 13.3. The van der Waals surface area contributed by atoms with Crippen LogP contribution in [0.1, 0.15) is 103 Å². The van der Waals surface area contributed by atoms with Crippen molar-refractivity contribution in [3.8, 4) is 0 Å². The summed E-state index contributed by atoms with van der Waals surface area (Å²) < 4.78 is 5.29. The van der Waals surface area contributed by atoms with Gasteiger partial charge in [0.1, 0.15) is 0 Å². The molecule has 0 aliphatic carbocycles. The highest BCUT2D eigenvalue weighted by molar-refractivity contribution is 8.00. The zero-order chi connectivity index (χ0) is 19.0. The van der Waals surface area contributed by atoms with Crippen molar-refractivity contribution in [2.45, 2.75) is 109 Å². The number of carbonyl (C=O) groups excluding carboxylic acids is 1. The summed E-state index contributed by atoms with van der Waals surface area (Å²) in [6, 6.07) is 0. The molecule has 0 aromatic carbocycles. The number of amides is 1. The summed E-state index contributed by atoms with van der Waals surface area (Å²) in [6.07, 6.45) is 18.6. The first kappa shape index (κ1) is 24.1. The Morgan fingerprint density at radius 1 is 1.00 bits per heavy atom. The lowest BCUT2D eigenvalue weighted by Gasteiger charge is -2.16. The molecule has 1 fully saturated rings. The van der Waals surface area contributed by atoms with E-state index >= 15 is 0 Å². The molecule has 0 radical (unpaired) electrons. The van der Waals surface area contributed by atoms with Gasteiger partial charge in [-0.15, -0.1) is 0 Å². The van der Waals surface area contributed by atoms with Crippen molar-refractivity contribution in [3.63, 3.8) is 0 Å². The lowest BCUT2D eigenvalue weighted by molar-refractivity contribution is -0.130. The second-order valence-electron chi connectivity index (χ2n) is 7.63. The molecule has 0 aromatic rings. The third kappa shape index (κ3) is 12.4. The minimum Gasteiger partial charge on any atom is -0.347 e. The van der Waals surface area contributed by atoms with E-state index in [-0.39, 0.29) is 12.0 Å². The van der Waals surface area contributed by atoms with Crippen LogP contribution in [0.3, 0.4) is 0 Å². The van der Waals surface area contributed by atoms with Crippen LogP contribution in [0, 0.1) is 0 Å². The van der Waals surface area contributed by atoms with Gasteiger partial charge in [0.25, 0.3) is 0 Å². The average Bonchev–Trinajstić information content (AvgIpc) is 3.06. The van der Waals surface area contributed by atoms with E-state index in [1.54, 1.807) is 0 Å². The molecule has 1 rings (SSSR count). The predicted octanol–water partition coefficient (Wildman–Crippen LogP) is 5.58. The quantitative estimate of drug-likeness (QED) is 0.269. The Labute approximate surface area is 166 Å². The first-order chi connectivity index (χ1) is 12.6. The summed E-state index contributed by atoms with van der Waals surface area (Å²) in [5.41, 5.74) is 0. The highest BCUT2D eigenvalue weighted by Gasteiger charge is 2.26. The number of hydrogen-bond donors (Lipinski definition) is 1. The number of hydrogen-bond acceptors (Lipinski definition) is 3. The smallest absolute Gasteiger partial charge is 0.222 e. The molecule has 1 saturated heterocycles. The van der Waals surface area contributed by atoms with Gasteiger partial charge in [0, 0.05) is 19.5 Å². The second-order valence-corrected chi connectivity index (χ2v) is 9.44. The molecule has 1 amide bonds. The van der Waals surface area contributed by atoms with Gasteiger partial charge in [-0.1, -0.05) is 84.0 Å². The molecule has 1 aliphatic heterocycles. The Morgan fingerprint density at radius 3 is 2.00 bits per heavy atom. The zero-order valence-electron chi connectivity index (χ0n) is 16.7. The van der Waals surface area contributed by atoms with Crippen LogP contribution in [0.15, 0.2) is 0 Å². The van der Waals surface area contributed by atoms with Crippen LogP contribution in [0.2, 0.25) is 0 Å². The lowest BCUT2D eigenvalue weighted by Crippen LogP contribution is -2.29. The zero-order valence-corrected chi connectivity index (χ0v) is 18.5. The number of unbranched alkanes of at least 4 members (excludes halogenated alkanes) is 12. The molecular formula is C20H40NO3PS. The average molecular weight is 406 g/mol. The van der Waals surface area contributed by atoms with E-state index in [2.05, 4.69) is 6.92 Å². The van der Waals surface area contributed by atoms with Crippen molar-refractivity contribution < 1.29 is 14.2 Å². The van der Waals surface area contributed by atoms with Gasteiger partial charge in [0.2, 0.25) is 5.91 Å². The standard InChI is InChI=1S/C20H40NO3PS/c1-2-3-4-5-6-7-8-9-10-11-12-13-14-15-20(22)21-17-16-19(18-21)24-25(23)26/h19,25H,2-18H2,1H3,(H,23,26)/t19-/m0/s1. The molecule has 6 heteroatoms. The van der Waals surface area contributed by atoms with Crippen molar-refractivity contribution >= 4 is 24.9 Å². The summed E-state index contributed by atoms with van der Waals surface area (Å²) in [6.45, 7) is 3.61. The number of likely N-dealkylation sites (tertiary alicyclic amines) is 1. The van der Waals surface area contributed by atoms with Crippen LogP contribution in [0.4, 0.5) is 0 Å². The maximum atomic E-state index is 12.2. The molecule has 0 bridgehead atoms. The van der Waals surface area contributed by atoms with Crippen LogP contribution >= 0.6 is 7.15 Å². The Morgan fingerprint density at radius 2 is 1.50 bits per heavy atom. The Hall–Kier alpha value is 0.0400. The number of nitrogens with zero attached hydrogens (tertiary/aromatic N) is 1. The van der Waals surface area contributed by atoms with Crippen molar-refractivity contribution in [3.05, 3.63) is 0 Å². The number of rotatable bonds is 16. The summed E-state index contributed by atoms with van der Waals surface area (Å²) in [4.78, 5) is 23.2. The van der Waals surface area contributed by atoms with Crippen molar-refractivity contribution in [1.82, 2.24) is 4.90 Å². The fourth-order valence-corrected chi connectivity index (χ4v) is 4.53. The molecule has 1 N–H and O–H groups in total. The molecule has 26 heavy (non-hydrogen) atoms. The van der Waals surface area contributed by atoms with Crippen LogP contribution in [-0.2, 0) is 21.1 Å². The summed E-state index contributed by atoms with van der Waals surface area (Å²) >= 11 is 4.72. The van der Waals surface area contributed by atoms with Crippen molar-refractivity contribution in [2.75, 3.05) is 13.1 Å². The molecule has 2 atom stereocenters. The molecule has 0 aromatic heterocycles. The largest absolute Gasteiger partial charge is 0.347 e. The summed E-state index contributed by atoms with van der Waals surface area (Å²) in [7, 11) is -2.06. The number of carbonyl (C=O) groups is 1. The van der Waals surface area contributed by atoms with Gasteiger partial charge >= 0.3 is 0 Å². The second kappa shape index (κ2) is 16.0. The highest BCUT2D eigenvalue weighted by Crippen LogP contribution is 2.25. The summed E-state index contributed by atoms with van der Waals surface area (Å²) in [5.74, 6) is 0.232. The lowest BCUT2D eigenvalue weighted by atomic mass is 10.0. The van der Waals surface area contributed by atoms with Gasteiger partial charge in [-0.3, -0.25) is 4.79 Å². The van der Waals surface area contributed by atoms with Crippen LogP contribution in [0.5, 0.6) is 0 Å². The van der Waals surface area contributed by atoms with E-state index in [1.165, 1.54) is 70.6 Å². The van der Waals surface area contributed by atoms with Gasteiger partial charge in [-0.25, -0.2) is 0 Å². The van der Waals surface area contributed by atoms with Gasteiger partial charge in [-0.2, -0.15) is 0 Å². The monoisotopic (exact) mass is 405 g/mol. The van der Waals surface area contributed by atoms with E-state index in [0.29, 0.717) is 13.0 Å². The van der Waals surface area contributed by atoms with Gasteiger partial charge in [-0.05, 0) is 24.6 Å². The third-order valence-corrected chi connectivity index (χ3v) is 6.08. The molecule has 0 spiro atoms. The molecule has 1 heterocycles. The summed E-state index contributed by atoms with van der Waals surface area (Å²) in [5, 5.41) is 0. The van der Waals surface area contributed by atoms with E-state index in [4.69, 9.17) is 21.2 Å². The maximum absolute atomic E-state index is 12.2. The SMILES string of the molecule is CCCCCCCCCCCCCCCC(=O)N1CC[C@H](O[PH](O)=S)C1. The Bertz CT molecular complexity index is 395.